The van der Waals surface area contributed by atoms with Crippen LogP contribution >= 0.6 is 0 Å². The van der Waals surface area contributed by atoms with Crippen LogP contribution in [-0.2, 0) is 0 Å². The maximum Gasteiger partial charge on any atom is 0.187 e. The number of fused-ring (bicyclic) bond motifs is 3. The van der Waals surface area contributed by atoms with Gasteiger partial charge in [0.05, 0.1) is 29.0 Å². The van der Waals surface area contributed by atoms with E-state index >= 15 is 0 Å². The number of aromatic nitrogens is 2. The Morgan fingerprint density at radius 3 is 1.52 bits per heavy atom. The number of para-hydroxylation sites is 2. The summed E-state index contributed by atoms with van der Waals surface area (Å²) < 4.78 is 0. The molecule has 0 aliphatic heterocycles. The highest BCUT2D eigenvalue weighted by Gasteiger charge is 2.18. The fourth-order valence-electron chi connectivity index (χ4n) is 6.14. The standard InChI is InChI=1S/C41H25N3/c1-42-31-23-21-28(22-24-31)27-17-19-30(20-18-27)33-25-26-37(35-13-5-4-12-34(33)35)41-40(43-38-15-6-7-16-39(38)44-41)36-14-8-10-29-9-2-3-11-32(29)36/h2-26H. The maximum atomic E-state index is 7.22. The van der Waals surface area contributed by atoms with E-state index in [1.54, 1.807) is 0 Å². The van der Waals surface area contributed by atoms with Gasteiger partial charge in [-0.3, -0.25) is 0 Å². The van der Waals surface area contributed by atoms with Crippen LogP contribution in [0.3, 0.4) is 0 Å². The highest BCUT2D eigenvalue weighted by atomic mass is 14.8. The average Bonchev–Trinajstić information content (AvgIpc) is 3.10. The molecule has 44 heavy (non-hydrogen) atoms. The van der Waals surface area contributed by atoms with Gasteiger partial charge in [-0.25, -0.2) is 14.8 Å². The molecule has 0 bridgehead atoms. The van der Waals surface area contributed by atoms with Gasteiger partial charge in [-0.15, -0.1) is 0 Å². The highest BCUT2D eigenvalue weighted by Crippen LogP contribution is 2.40. The lowest BCUT2D eigenvalue weighted by Gasteiger charge is -2.16. The molecule has 0 N–H and O–H groups in total. The lowest BCUT2D eigenvalue weighted by Crippen LogP contribution is -1.97. The second-order valence-electron chi connectivity index (χ2n) is 10.9. The van der Waals surface area contributed by atoms with Gasteiger partial charge in [0, 0.05) is 11.1 Å². The molecule has 0 saturated heterocycles. The molecule has 7 aromatic carbocycles. The van der Waals surface area contributed by atoms with Crippen LogP contribution in [-0.4, -0.2) is 9.97 Å². The van der Waals surface area contributed by atoms with Crippen molar-refractivity contribution in [1.82, 2.24) is 9.97 Å². The first-order valence-corrected chi connectivity index (χ1v) is 14.6. The van der Waals surface area contributed by atoms with E-state index in [9.17, 15) is 0 Å². The molecule has 204 valence electrons. The van der Waals surface area contributed by atoms with Gasteiger partial charge in [-0.2, -0.15) is 0 Å². The molecule has 0 unspecified atom stereocenters. The summed E-state index contributed by atoms with van der Waals surface area (Å²) in [6.07, 6.45) is 0. The Bertz CT molecular complexity index is 2380. The minimum Gasteiger partial charge on any atom is -0.244 e. The number of benzene rings is 7. The lowest BCUT2D eigenvalue weighted by atomic mass is 9.91. The van der Waals surface area contributed by atoms with Crippen LogP contribution in [0.25, 0.3) is 82.2 Å². The molecule has 1 heterocycles. The van der Waals surface area contributed by atoms with Gasteiger partial charge in [-0.05, 0) is 55.9 Å². The van der Waals surface area contributed by atoms with E-state index in [-0.39, 0.29) is 0 Å². The molecule has 0 spiro atoms. The minimum absolute atomic E-state index is 0.650. The highest BCUT2D eigenvalue weighted by molar-refractivity contribution is 6.08. The second kappa shape index (κ2) is 10.6. The smallest absolute Gasteiger partial charge is 0.187 e. The summed E-state index contributed by atoms with van der Waals surface area (Å²) in [5.41, 5.74) is 10.8. The first-order chi connectivity index (χ1) is 21.8. The van der Waals surface area contributed by atoms with Crippen LogP contribution in [0.1, 0.15) is 0 Å². The van der Waals surface area contributed by atoms with E-state index in [1.165, 1.54) is 10.9 Å². The Kier molecular flexibility index (Phi) is 6.18. The van der Waals surface area contributed by atoms with Gasteiger partial charge in [0.1, 0.15) is 0 Å². The summed E-state index contributed by atoms with van der Waals surface area (Å²) in [6.45, 7) is 7.22. The monoisotopic (exact) mass is 559 g/mol. The summed E-state index contributed by atoms with van der Waals surface area (Å²) in [5.74, 6) is 0. The van der Waals surface area contributed by atoms with Gasteiger partial charge < -0.3 is 0 Å². The summed E-state index contributed by atoms with van der Waals surface area (Å²) in [5, 5.41) is 4.63. The summed E-state index contributed by atoms with van der Waals surface area (Å²) in [4.78, 5) is 14.0. The number of rotatable bonds is 4. The van der Waals surface area contributed by atoms with E-state index in [1.807, 2.05) is 48.5 Å². The van der Waals surface area contributed by atoms with Crippen molar-refractivity contribution in [1.29, 1.82) is 0 Å². The first-order valence-electron chi connectivity index (χ1n) is 14.6. The van der Waals surface area contributed by atoms with Crippen LogP contribution in [0.2, 0.25) is 0 Å². The van der Waals surface area contributed by atoms with Crippen molar-refractivity contribution < 1.29 is 0 Å². The normalized spacial score (nSPS) is 11.2. The molecular weight excluding hydrogens is 534 g/mol. The lowest BCUT2D eigenvalue weighted by molar-refractivity contribution is 1.30. The van der Waals surface area contributed by atoms with Crippen LogP contribution in [0.5, 0.6) is 0 Å². The third-order valence-electron chi connectivity index (χ3n) is 8.32. The predicted octanol–water partition coefficient (Wildman–Crippen LogP) is 11.2. The SMILES string of the molecule is [C-]#[N+]c1ccc(-c2ccc(-c3ccc(-c4nc5ccccc5nc4-c4cccc5ccccc45)c4ccccc34)cc2)cc1. The van der Waals surface area contributed by atoms with Crippen LogP contribution in [0, 0.1) is 6.57 Å². The number of nitrogens with zero attached hydrogens (tertiary/aromatic N) is 3. The van der Waals surface area contributed by atoms with Crippen molar-refractivity contribution in [3.05, 3.63) is 163 Å². The van der Waals surface area contributed by atoms with Crippen molar-refractivity contribution in [2.75, 3.05) is 0 Å². The molecule has 0 amide bonds. The third-order valence-corrected chi connectivity index (χ3v) is 8.32. The average molecular weight is 560 g/mol. The quantitative estimate of drug-likeness (QED) is 0.201. The molecule has 0 atom stereocenters. The van der Waals surface area contributed by atoms with E-state index in [0.717, 1.165) is 66.4 Å². The zero-order valence-corrected chi connectivity index (χ0v) is 23.8. The van der Waals surface area contributed by atoms with Gasteiger partial charge in [0.2, 0.25) is 0 Å². The summed E-state index contributed by atoms with van der Waals surface area (Å²) in [7, 11) is 0. The van der Waals surface area contributed by atoms with Crippen molar-refractivity contribution in [2.24, 2.45) is 0 Å². The first kappa shape index (κ1) is 25.6. The minimum atomic E-state index is 0.650. The van der Waals surface area contributed by atoms with Crippen LogP contribution in [0.15, 0.2) is 152 Å². The Balaban J connectivity index is 1.31. The second-order valence-corrected chi connectivity index (χ2v) is 10.9. The van der Waals surface area contributed by atoms with E-state index in [4.69, 9.17) is 16.5 Å². The topological polar surface area (TPSA) is 30.1 Å². The number of hydrogen-bond donors (Lipinski definition) is 0. The zero-order valence-electron chi connectivity index (χ0n) is 23.8. The summed E-state index contributed by atoms with van der Waals surface area (Å²) >= 11 is 0. The molecule has 1 aromatic heterocycles. The molecule has 0 radical (unpaired) electrons. The molecule has 3 heteroatoms. The van der Waals surface area contributed by atoms with Crippen molar-refractivity contribution in [2.45, 2.75) is 0 Å². The molecule has 3 nitrogen and oxygen atoms in total. The molecule has 0 saturated carbocycles. The van der Waals surface area contributed by atoms with Gasteiger partial charge >= 0.3 is 0 Å². The fourth-order valence-corrected chi connectivity index (χ4v) is 6.14. The third kappa shape index (κ3) is 4.38. The van der Waals surface area contributed by atoms with Crippen LogP contribution < -0.4 is 0 Å². The Morgan fingerprint density at radius 1 is 0.386 bits per heavy atom. The van der Waals surface area contributed by atoms with E-state index in [2.05, 4.69) is 108 Å². The van der Waals surface area contributed by atoms with Gasteiger partial charge in [0.25, 0.3) is 0 Å². The summed E-state index contributed by atoms with van der Waals surface area (Å²) in [6, 6.07) is 52.3. The van der Waals surface area contributed by atoms with Crippen LogP contribution in [0.4, 0.5) is 5.69 Å². The van der Waals surface area contributed by atoms with E-state index in [0.29, 0.717) is 5.69 Å². The van der Waals surface area contributed by atoms with E-state index < -0.39 is 0 Å². The Labute approximate surface area is 255 Å². The predicted molar refractivity (Wildman–Crippen MR) is 183 cm³/mol. The van der Waals surface area contributed by atoms with Crippen molar-refractivity contribution in [3.63, 3.8) is 0 Å². The Hall–Kier alpha value is -6.11. The molecule has 0 aliphatic carbocycles. The molecule has 0 aliphatic rings. The van der Waals surface area contributed by atoms with Crippen molar-refractivity contribution in [3.8, 4) is 44.8 Å². The van der Waals surface area contributed by atoms with Gasteiger partial charge in [0.15, 0.2) is 5.69 Å². The molecular formula is C41H25N3. The largest absolute Gasteiger partial charge is 0.244 e. The zero-order chi connectivity index (χ0) is 29.5. The maximum absolute atomic E-state index is 7.22. The number of hydrogen-bond acceptors (Lipinski definition) is 2. The van der Waals surface area contributed by atoms with Crippen molar-refractivity contribution >= 4 is 38.3 Å². The molecule has 8 rings (SSSR count). The van der Waals surface area contributed by atoms with Gasteiger partial charge in [-0.1, -0.05) is 140 Å². The Morgan fingerprint density at radius 2 is 0.864 bits per heavy atom. The molecule has 0 fully saturated rings. The molecule has 8 aromatic rings. The fraction of sp³-hybridized carbons (Fsp3) is 0.